The molecule has 2 rings (SSSR count). The molecule has 0 aliphatic carbocycles. The van der Waals surface area contributed by atoms with Crippen LogP contribution in [-0.4, -0.2) is 5.11 Å². The van der Waals surface area contributed by atoms with Gasteiger partial charge < -0.3 is 5.11 Å². The zero-order chi connectivity index (χ0) is 12.6. The van der Waals surface area contributed by atoms with Gasteiger partial charge >= 0.3 is 0 Å². The molecule has 0 radical (unpaired) electrons. The van der Waals surface area contributed by atoms with Crippen molar-refractivity contribution in [2.45, 2.75) is 13.0 Å². The van der Waals surface area contributed by atoms with Crippen LogP contribution in [0.4, 0.5) is 8.78 Å². The molecule has 1 atom stereocenters. The highest BCUT2D eigenvalue weighted by molar-refractivity contribution is 9.10. The van der Waals surface area contributed by atoms with Gasteiger partial charge in [0.25, 0.3) is 0 Å². The summed E-state index contributed by atoms with van der Waals surface area (Å²) in [6.45, 7) is 1.86. The third kappa shape index (κ3) is 2.27. The number of halogens is 3. The highest BCUT2D eigenvalue weighted by atomic mass is 79.9. The topological polar surface area (TPSA) is 20.2 Å². The lowest BCUT2D eigenvalue weighted by atomic mass is 10.1. The van der Waals surface area contributed by atoms with Crippen LogP contribution in [0.3, 0.4) is 0 Å². The first-order chi connectivity index (χ1) is 8.02. The van der Waals surface area contributed by atoms with E-state index >= 15 is 0 Å². The van der Waals surface area contributed by atoms with Gasteiger partial charge in [0, 0.05) is 10.4 Å². The van der Waals surface area contributed by atoms with Crippen molar-refractivity contribution in [1.82, 2.24) is 0 Å². The molecule has 2 aromatic rings. The molecular weight excluding hydrogens is 310 g/mol. The van der Waals surface area contributed by atoms with E-state index in [0.717, 1.165) is 16.5 Å². The largest absolute Gasteiger partial charge is 0.383 e. The Morgan fingerprint density at radius 2 is 2.00 bits per heavy atom. The molecule has 0 aliphatic rings. The van der Waals surface area contributed by atoms with Gasteiger partial charge in [0.15, 0.2) is 11.6 Å². The van der Waals surface area contributed by atoms with Crippen LogP contribution in [0.5, 0.6) is 0 Å². The molecular formula is C12H9BrF2OS. The average molecular weight is 319 g/mol. The molecule has 0 aliphatic heterocycles. The summed E-state index contributed by atoms with van der Waals surface area (Å²) in [4.78, 5) is 0.733. The SMILES string of the molecule is Cc1ccsc1C(O)c1ccc(F)c(F)c1Br. The van der Waals surface area contributed by atoms with Crippen molar-refractivity contribution in [1.29, 1.82) is 0 Å². The Balaban J connectivity index is 2.48. The molecule has 0 amide bonds. The number of aryl methyl sites for hydroxylation is 1. The van der Waals surface area contributed by atoms with Crippen LogP contribution in [-0.2, 0) is 0 Å². The van der Waals surface area contributed by atoms with Gasteiger partial charge in [0.1, 0.15) is 6.10 Å². The predicted octanol–water partition coefficient (Wildman–Crippen LogP) is 4.18. The summed E-state index contributed by atoms with van der Waals surface area (Å²) < 4.78 is 26.3. The maximum atomic E-state index is 13.4. The molecule has 1 nitrogen and oxygen atoms in total. The van der Waals surface area contributed by atoms with Gasteiger partial charge in [-0.05, 0) is 45.9 Å². The zero-order valence-corrected chi connectivity index (χ0v) is 11.3. The Kier molecular flexibility index (Phi) is 3.61. The summed E-state index contributed by atoms with van der Waals surface area (Å²) in [5.74, 6) is -1.91. The summed E-state index contributed by atoms with van der Waals surface area (Å²) in [5, 5.41) is 12.0. The van der Waals surface area contributed by atoms with Crippen molar-refractivity contribution < 1.29 is 13.9 Å². The van der Waals surface area contributed by atoms with Crippen molar-refractivity contribution in [2.24, 2.45) is 0 Å². The van der Waals surface area contributed by atoms with Crippen LogP contribution >= 0.6 is 27.3 Å². The summed E-state index contributed by atoms with van der Waals surface area (Å²) in [7, 11) is 0. The highest BCUT2D eigenvalue weighted by Crippen LogP contribution is 2.34. The Morgan fingerprint density at radius 3 is 2.59 bits per heavy atom. The van der Waals surface area contributed by atoms with E-state index in [1.165, 1.54) is 17.4 Å². The van der Waals surface area contributed by atoms with Crippen molar-refractivity contribution in [2.75, 3.05) is 0 Å². The first kappa shape index (κ1) is 12.7. The zero-order valence-electron chi connectivity index (χ0n) is 8.88. The lowest BCUT2D eigenvalue weighted by Crippen LogP contribution is -2.02. The second-order valence-corrected chi connectivity index (χ2v) is 5.38. The highest BCUT2D eigenvalue weighted by Gasteiger charge is 2.20. The third-order valence-electron chi connectivity index (χ3n) is 2.51. The molecule has 0 fully saturated rings. The number of aliphatic hydroxyl groups is 1. The van der Waals surface area contributed by atoms with Crippen LogP contribution in [0.15, 0.2) is 28.1 Å². The van der Waals surface area contributed by atoms with Gasteiger partial charge in [-0.3, -0.25) is 0 Å². The van der Waals surface area contributed by atoms with E-state index in [2.05, 4.69) is 15.9 Å². The number of benzene rings is 1. The van der Waals surface area contributed by atoms with E-state index in [1.807, 2.05) is 18.4 Å². The molecule has 0 saturated carbocycles. The minimum Gasteiger partial charge on any atom is -0.383 e. The van der Waals surface area contributed by atoms with E-state index in [0.29, 0.717) is 5.56 Å². The summed E-state index contributed by atoms with van der Waals surface area (Å²) >= 11 is 4.36. The molecule has 1 N–H and O–H groups in total. The van der Waals surface area contributed by atoms with Crippen LogP contribution in [0.1, 0.15) is 22.1 Å². The number of hydrogen-bond acceptors (Lipinski definition) is 2. The smallest absolute Gasteiger partial charge is 0.173 e. The van der Waals surface area contributed by atoms with Crippen LogP contribution < -0.4 is 0 Å². The summed E-state index contributed by atoms with van der Waals surface area (Å²) in [6.07, 6.45) is -0.945. The minimum atomic E-state index is -0.976. The third-order valence-corrected chi connectivity index (χ3v) is 4.39. The molecule has 0 saturated heterocycles. The van der Waals surface area contributed by atoms with E-state index in [-0.39, 0.29) is 4.47 Å². The fourth-order valence-electron chi connectivity index (χ4n) is 1.56. The molecule has 0 spiro atoms. The van der Waals surface area contributed by atoms with Gasteiger partial charge in [-0.15, -0.1) is 11.3 Å². The first-order valence-electron chi connectivity index (χ1n) is 4.88. The van der Waals surface area contributed by atoms with Crippen LogP contribution in [0.2, 0.25) is 0 Å². The predicted molar refractivity (Wildman–Crippen MR) is 67.2 cm³/mol. The molecule has 1 unspecified atom stereocenters. The van der Waals surface area contributed by atoms with Crippen molar-refractivity contribution in [3.63, 3.8) is 0 Å². The van der Waals surface area contributed by atoms with Gasteiger partial charge in [-0.25, -0.2) is 8.78 Å². The quantitative estimate of drug-likeness (QED) is 0.824. The Labute approximate surface area is 110 Å². The van der Waals surface area contributed by atoms with Crippen LogP contribution in [0.25, 0.3) is 0 Å². The normalized spacial score (nSPS) is 12.8. The molecule has 17 heavy (non-hydrogen) atoms. The van der Waals surface area contributed by atoms with E-state index < -0.39 is 17.7 Å². The standard InChI is InChI=1S/C12H9BrF2OS/c1-6-4-5-17-12(6)11(16)7-2-3-8(14)10(15)9(7)13/h2-5,11,16H,1H3. The van der Waals surface area contributed by atoms with Gasteiger partial charge in [0.05, 0.1) is 4.47 Å². The lowest BCUT2D eigenvalue weighted by Gasteiger charge is -2.13. The number of aliphatic hydroxyl groups excluding tert-OH is 1. The van der Waals surface area contributed by atoms with E-state index in [4.69, 9.17) is 0 Å². The maximum absolute atomic E-state index is 13.4. The van der Waals surface area contributed by atoms with Crippen molar-refractivity contribution in [3.05, 3.63) is 55.7 Å². The minimum absolute atomic E-state index is 0.0298. The molecule has 0 bridgehead atoms. The van der Waals surface area contributed by atoms with Gasteiger partial charge in [0.2, 0.25) is 0 Å². The molecule has 5 heteroatoms. The molecule has 1 aromatic carbocycles. The number of hydrogen-bond donors (Lipinski definition) is 1. The maximum Gasteiger partial charge on any atom is 0.173 e. The van der Waals surface area contributed by atoms with Crippen LogP contribution in [0, 0.1) is 18.6 Å². The molecule has 90 valence electrons. The fraction of sp³-hybridized carbons (Fsp3) is 0.167. The Morgan fingerprint density at radius 1 is 1.29 bits per heavy atom. The first-order valence-corrected chi connectivity index (χ1v) is 6.55. The molecule has 1 aromatic heterocycles. The number of thiophene rings is 1. The van der Waals surface area contributed by atoms with Crippen molar-refractivity contribution >= 4 is 27.3 Å². The lowest BCUT2D eigenvalue weighted by molar-refractivity contribution is 0.221. The van der Waals surface area contributed by atoms with E-state index in [9.17, 15) is 13.9 Å². The second kappa shape index (κ2) is 4.84. The average Bonchev–Trinajstić information content (AvgIpc) is 2.72. The van der Waals surface area contributed by atoms with Gasteiger partial charge in [-0.1, -0.05) is 6.07 Å². The van der Waals surface area contributed by atoms with Crippen molar-refractivity contribution in [3.8, 4) is 0 Å². The Bertz CT molecular complexity index is 553. The van der Waals surface area contributed by atoms with Gasteiger partial charge in [-0.2, -0.15) is 0 Å². The summed E-state index contributed by atoms with van der Waals surface area (Å²) in [5.41, 5.74) is 1.26. The fourth-order valence-corrected chi connectivity index (χ4v) is 3.02. The second-order valence-electron chi connectivity index (χ2n) is 3.63. The molecule has 1 heterocycles. The monoisotopic (exact) mass is 318 g/mol. The summed E-state index contributed by atoms with van der Waals surface area (Å²) in [6, 6.07) is 4.27. The number of rotatable bonds is 2. The van der Waals surface area contributed by atoms with E-state index in [1.54, 1.807) is 0 Å². The Hall–Kier alpha value is -0.780.